The van der Waals surface area contributed by atoms with E-state index in [9.17, 15) is 4.39 Å². The van der Waals surface area contributed by atoms with Crippen LogP contribution >= 0.6 is 15.9 Å². The van der Waals surface area contributed by atoms with Crippen LogP contribution in [-0.2, 0) is 4.74 Å². The van der Waals surface area contributed by atoms with Gasteiger partial charge in [-0.3, -0.25) is 4.90 Å². The molecule has 0 spiro atoms. The Morgan fingerprint density at radius 2 is 2.35 bits per heavy atom. The molecule has 20 heavy (non-hydrogen) atoms. The molecule has 3 nitrogen and oxygen atoms in total. The molecule has 1 aromatic carbocycles. The number of benzene rings is 1. The Kier molecular flexibility index (Phi) is 5.96. The molecule has 5 heteroatoms. The molecule has 1 N–H and O–H groups in total. The first-order valence-corrected chi connectivity index (χ1v) is 7.91. The molecule has 1 fully saturated rings. The van der Waals surface area contributed by atoms with Gasteiger partial charge in [0.25, 0.3) is 0 Å². The van der Waals surface area contributed by atoms with E-state index in [2.05, 4.69) is 40.0 Å². The van der Waals surface area contributed by atoms with Gasteiger partial charge in [-0.15, -0.1) is 0 Å². The largest absolute Gasteiger partial charge is 0.374 e. The van der Waals surface area contributed by atoms with E-state index in [0.717, 1.165) is 42.8 Å². The van der Waals surface area contributed by atoms with Gasteiger partial charge in [-0.05, 0) is 31.2 Å². The van der Waals surface area contributed by atoms with Crippen LogP contribution in [0.4, 0.5) is 4.39 Å². The average Bonchev–Trinajstić information content (AvgIpc) is 2.45. The maximum absolute atomic E-state index is 13.1. The summed E-state index contributed by atoms with van der Waals surface area (Å²) in [6, 6.07) is 4.97. The molecule has 2 atom stereocenters. The number of morpholine rings is 1. The van der Waals surface area contributed by atoms with E-state index in [1.54, 1.807) is 0 Å². The molecule has 0 aromatic heterocycles. The van der Waals surface area contributed by atoms with Gasteiger partial charge < -0.3 is 10.1 Å². The number of nitrogens with one attached hydrogen (secondary N) is 1. The number of hydrogen-bond acceptors (Lipinski definition) is 3. The van der Waals surface area contributed by atoms with Gasteiger partial charge in [0.05, 0.1) is 12.7 Å². The third-order valence-corrected chi connectivity index (χ3v) is 4.44. The minimum absolute atomic E-state index is 0.158. The molecule has 0 bridgehead atoms. The summed E-state index contributed by atoms with van der Waals surface area (Å²) in [4.78, 5) is 2.40. The first kappa shape index (κ1) is 15.9. The Morgan fingerprint density at radius 1 is 1.55 bits per heavy atom. The second-order valence-electron chi connectivity index (χ2n) is 5.18. The predicted octanol–water partition coefficient (Wildman–Crippen LogP) is 2.96. The van der Waals surface area contributed by atoms with E-state index in [0.29, 0.717) is 0 Å². The van der Waals surface area contributed by atoms with Gasteiger partial charge in [-0.1, -0.05) is 28.9 Å². The van der Waals surface area contributed by atoms with Crippen molar-refractivity contribution in [1.29, 1.82) is 0 Å². The van der Waals surface area contributed by atoms with Crippen molar-refractivity contribution in [3.8, 4) is 0 Å². The fourth-order valence-electron chi connectivity index (χ4n) is 2.46. The van der Waals surface area contributed by atoms with Crippen LogP contribution in [0, 0.1) is 5.82 Å². The Labute approximate surface area is 128 Å². The maximum atomic E-state index is 13.1. The minimum atomic E-state index is -0.220. The fourth-order valence-corrected chi connectivity index (χ4v) is 3.16. The molecule has 2 unspecified atom stereocenters. The van der Waals surface area contributed by atoms with Gasteiger partial charge in [0, 0.05) is 30.1 Å². The summed E-state index contributed by atoms with van der Waals surface area (Å²) in [5.74, 6) is -0.220. The van der Waals surface area contributed by atoms with Crippen LogP contribution in [0.25, 0.3) is 0 Å². The smallest absolute Gasteiger partial charge is 0.124 e. The van der Waals surface area contributed by atoms with Gasteiger partial charge in [0.1, 0.15) is 5.82 Å². The van der Waals surface area contributed by atoms with Crippen molar-refractivity contribution in [1.82, 2.24) is 10.2 Å². The lowest BCUT2D eigenvalue weighted by Gasteiger charge is -2.33. The molecule has 1 saturated heterocycles. The van der Waals surface area contributed by atoms with Crippen LogP contribution < -0.4 is 5.32 Å². The van der Waals surface area contributed by atoms with Gasteiger partial charge in [0.15, 0.2) is 0 Å². The van der Waals surface area contributed by atoms with Gasteiger partial charge in [0.2, 0.25) is 0 Å². The molecule has 2 rings (SSSR count). The highest BCUT2D eigenvalue weighted by molar-refractivity contribution is 9.10. The van der Waals surface area contributed by atoms with Gasteiger partial charge in [-0.2, -0.15) is 0 Å². The topological polar surface area (TPSA) is 24.5 Å². The van der Waals surface area contributed by atoms with Gasteiger partial charge in [-0.25, -0.2) is 4.39 Å². The molecule has 0 amide bonds. The number of nitrogens with zero attached hydrogens (tertiary/aromatic N) is 1. The van der Waals surface area contributed by atoms with E-state index in [-0.39, 0.29) is 18.0 Å². The summed E-state index contributed by atoms with van der Waals surface area (Å²) in [5.41, 5.74) is 1.06. The van der Waals surface area contributed by atoms with E-state index in [1.807, 2.05) is 6.07 Å². The third-order valence-electron chi connectivity index (χ3n) is 3.75. The zero-order valence-electron chi connectivity index (χ0n) is 12.0. The van der Waals surface area contributed by atoms with Crippen molar-refractivity contribution in [2.45, 2.75) is 26.0 Å². The monoisotopic (exact) mass is 344 g/mol. The lowest BCUT2D eigenvalue weighted by atomic mass is 10.1. The van der Waals surface area contributed by atoms with Crippen molar-refractivity contribution >= 4 is 15.9 Å². The van der Waals surface area contributed by atoms with Crippen LogP contribution in [0.15, 0.2) is 22.7 Å². The SMILES string of the molecule is CCN1CCOC(CNC(C)c2ccc(F)cc2Br)C1. The van der Waals surface area contributed by atoms with Crippen LogP contribution in [0.3, 0.4) is 0 Å². The molecule has 0 aliphatic carbocycles. The van der Waals surface area contributed by atoms with Crippen LogP contribution in [0.2, 0.25) is 0 Å². The van der Waals surface area contributed by atoms with E-state index in [4.69, 9.17) is 4.74 Å². The zero-order chi connectivity index (χ0) is 14.5. The Balaban J connectivity index is 1.86. The van der Waals surface area contributed by atoms with Crippen LogP contribution in [0.5, 0.6) is 0 Å². The van der Waals surface area contributed by atoms with Crippen molar-refractivity contribution in [3.05, 3.63) is 34.1 Å². The second kappa shape index (κ2) is 7.50. The molecule has 1 aliphatic rings. The predicted molar refractivity (Wildman–Crippen MR) is 82.4 cm³/mol. The van der Waals surface area contributed by atoms with Crippen molar-refractivity contribution in [2.24, 2.45) is 0 Å². The van der Waals surface area contributed by atoms with Crippen molar-refractivity contribution < 1.29 is 9.13 Å². The summed E-state index contributed by atoms with van der Waals surface area (Å²) in [6.45, 7) is 8.93. The van der Waals surface area contributed by atoms with Crippen LogP contribution in [0.1, 0.15) is 25.5 Å². The third kappa shape index (κ3) is 4.25. The lowest BCUT2D eigenvalue weighted by Crippen LogP contribution is -2.46. The second-order valence-corrected chi connectivity index (χ2v) is 6.04. The highest BCUT2D eigenvalue weighted by atomic mass is 79.9. The number of rotatable bonds is 5. The molecule has 1 aliphatic heterocycles. The van der Waals surface area contributed by atoms with Crippen LogP contribution in [-0.4, -0.2) is 43.8 Å². The molecule has 112 valence electrons. The molecule has 0 saturated carbocycles. The summed E-state index contributed by atoms with van der Waals surface area (Å²) in [7, 11) is 0. The number of halogens is 2. The Morgan fingerprint density at radius 3 is 3.05 bits per heavy atom. The van der Waals surface area contributed by atoms with Gasteiger partial charge >= 0.3 is 0 Å². The normalized spacial score (nSPS) is 21.9. The fraction of sp³-hybridized carbons (Fsp3) is 0.600. The summed E-state index contributed by atoms with van der Waals surface area (Å²) < 4.78 is 19.7. The highest BCUT2D eigenvalue weighted by Crippen LogP contribution is 2.24. The number of likely N-dealkylation sites (N-methyl/N-ethyl adjacent to an activating group) is 1. The maximum Gasteiger partial charge on any atom is 0.124 e. The quantitative estimate of drug-likeness (QED) is 0.888. The van der Waals surface area contributed by atoms with Crippen molar-refractivity contribution in [3.63, 3.8) is 0 Å². The molecule has 0 radical (unpaired) electrons. The number of ether oxygens (including phenoxy) is 1. The number of hydrogen-bond donors (Lipinski definition) is 1. The first-order valence-electron chi connectivity index (χ1n) is 7.12. The highest BCUT2D eigenvalue weighted by Gasteiger charge is 2.20. The molecular weight excluding hydrogens is 323 g/mol. The summed E-state index contributed by atoms with van der Waals surface area (Å²) in [5, 5.41) is 3.47. The lowest BCUT2D eigenvalue weighted by molar-refractivity contribution is -0.0262. The Hall–Kier alpha value is -0.490. The van der Waals surface area contributed by atoms with Crippen molar-refractivity contribution in [2.75, 3.05) is 32.8 Å². The zero-order valence-corrected chi connectivity index (χ0v) is 13.6. The molecular formula is C15H22BrFN2O. The first-order chi connectivity index (χ1) is 9.60. The summed E-state index contributed by atoms with van der Waals surface area (Å²) >= 11 is 3.41. The Bertz CT molecular complexity index is 444. The van der Waals surface area contributed by atoms with E-state index in [1.165, 1.54) is 12.1 Å². The van der Waals surface area contributed by atoms with E-state index < -0.39 is 0 Å². The standard InChI is InChI=1S/C15H22BrFN2O/c1-3-19-6-7-20-13(10-19)9-18-11(2)14-5-4-12(17)8-15(14)16/h4-5,8,11,13,18H,3,6-7,9-10H2,1-2H3. The summed E-state index contributed by atoms with van der Waals surface area (Å²) in [6.07, 6.45) is 0.227. The molecule has 1 heterocycles. The molecule has 1 aromatic rings. The average molecular weight is 345 g/mol. The van der Waals surface area contributed by atoms with E-state index >= 15 is 0 Å². The minimum Gasteiger partial charge on any atom is -0.374 e.